The first-order valence-corrected chi connectivity index (χ1v) is 17.5. The number of aliphatic imine (C=N–C) groups is 1. The summed E-state index contributed by atoms with van der Waals surface area (Å²) in [6, 6.07) is 12.9. The highest BCUT2D eigenvalue weighted by molar-refractivity contribution is 7.92. The van der Waals surface area contributed by atoms with Crippen molar-refractivity contribution in [2.75, 3.05) is 4.72 Å². The third kappa shape index (κ3) is 7.25. The number of hydrogen-bond donors (Lipinski definition) is 1. The Morgan fingerprint density at radius 1 is 1.07 bits per heavy atom. The molecule has 5 rings (SSSR count). The van der Waals surface area contributed by atoms with Gasteiger partial charge in [-0.2, -0.15) is 0 Å². The molecule has 2 aromatic carbocycles. The zero-order valence-corrected chi connectivity index (χ0v) is 28.2. The highest BCUT2D eigenvalue weighted by atomic mass is 32.2. The molecular formula is C32H43B3N4O5S. The Labute approximate surface area is 269 Å². The molecule has 45 heavy (non-hydrogen) atoms. The van der Waals surface area contributed by atoms with Crippen LogP contribution in [0.5, 0.6) is 0 Å². The van der Waals surface area contributed by atoms with Gasteiger partial charge in [0.05, 0.1) is 18.0 Å². The molecule has 0 radical (unpaired) electrons. The number of amides is 1. The normalized spacial score (nSPS) is 16.7. The minimum atomic E-state index is -4.01. The molecule has 2 heterocycles. The van der Waals surface area contributed by atoms with Crippen molar-refractivity contribution in [1.29, 1.82) is 0 Å². The lowest BCUT2D eigenvalue weighted by molar-refractivity contribution is -0.132. The third-order valence-electron chi connectivity index (χ3n) is 8.76. The van der Waals surface area contributed by atoms with E-state index in [9.17, 15) is 13.2 Å². The number of aryl methyl sites for hydroxylation is 1. The maximum absolute atomic E-state index is 13.9. The number of carbonyl (C=O) groups is 1. The number of aromatic nitrogens is 1. The van der Waals surface area contributed by atoms with E-state index in [0.717, 1.165) is 73.9 Å². The summed E-state index contributed by atoms with van der Waals surface area (Å²) in [7, 11) is 1.96. The Kier molecular flexibility index (Phi) is 9.70. The number of sulfonamides is 1. The van der Waals surface area contributed by atoms with Gasteiger partial charge >= 0.3 is 0 Å². The minimum absolute atomic E-state index is 0.116. The summed E-state index contributed by atoms with van der Waals surface area (Å²) in [4.78, 5) is 21.0. The van der Waals surface area contributed by atoms with E-state index in [4.69, 9.17) is 14.3 Å². The van der Waals surface area contributed by atoms with Crippen molar-refractivity contribution in [3.8, 4) is 11.1 Å². The molecular weight excluding hydrogens is 585 g/mol. The van der Waals surface area contributed by atoms with Crippen molar-refractivity contribution < 1.29 is 22.5 Å². The molecule has 1 aliphatic heterocycles. The third-order valence-corrected chi connectivity index (χ3v) is 10.2. The van der Waals surface area contributed by atoms with Crippen molar-refractivity contribution in [2.24, 2.45) is 4.99 Å². The van der Waals surface area contributed by atoms with Crippen LogP contribution in [0.1, 0.15) is 80.7 Å². The van der Waals surface area contributed by atoms with Gasteiger partial charge in [-0.05, 0) is 61.2 Å². The van der Waals surface area contributed by atoms with Crippen LogP contribution in [0, 0.1) is 13.8 Å². The molecule has 9 nitrogen and oxygen atoms in total. The topological polar surface area (TPSA) is 114 Å². The Balaban J connectivity index is 1.51. The van der Waals surface area contributed by atoms with Crippen LogP contribution in [-0.2, 0) is 32.7 Å². The number of carbonyl (C=O) groups excluding carboxylic acids is 1. The number of amidine groups is 1. The van der Waals surface area contributed by atoms with E-state index in [-0.39, 0.29) is 23.2 Å². The molecule has 1 aliphatic carbocycles. The average molecular weight is 628 g/mol. The Hall–Kier alpha value is -3.31. The van der Waals surface area contributed by atoms with E-state index < -0.39 is 20.9 Å². The first-order valence-electron chi connectivity index (χ1n) is 16.0. The number of nitrogens with one attached hydrogen (secondary N) is 1. The number of benzene rings is 2. The molecule has 1 N–H and O–H groups in total. The van der Waals surface area contributed by atoms with E-state index >= 15 is 0 Å². The summed E-state index contributed by atoms with van der Waals surface area (Å²) in [5.41, 5.74) is 3.10. The maximum Gasteiger partial charge on any atom is 0.263 e. The van der Waals surface area contributed by atoms with Gasteiger partial charge in [-0.15, -0.1) is 0 Å². The molecule has 3 aromatic rings. The number of unbranched alkanes of at least 4 members (excludes halogenated alkanes) is 1. The van der Waals surface area contributed by atoms with Gasteiger partial charge in [-0.3, -0.25) is 19.4 Å². The number of rotatable bonds is 12. The highest BCUT2D eigenvalue weighted by Gasteiger charge is 2.48. The number of nitrogens with zero attached hydrogens (tertiary/aromatic N) is 3. The van der Waals surface area contributed by atoms with Crippen molar-refractivity contribution in [1.82, 2.24) is 10.1 Å². The standard InChI is InChI=1S/C32H43B3N4O5S/c1-4-5-13-28-36-31(16-9-6-10-17-31)30(40)39(28)19-23-14-15-25(24(18-23)20-43-32(33,34)35)26-11-7-8-12-27(26)45(41,42)38-29-21(2)22(3)44-37-29/h7-8,11-12,14-15,18H,4-6,9-10,13,16-17,19-20,33-35H2,1-3H3,(H,37,38). The molecule has 1 amide bonds. The van der Waals surface area contributed by atoms with Crippen LogP contribution in [0.4, 0.5) is 5.82 Å². The molecule has 0 atom stereocenters. The lowest BCUT2D eigenvalue weighted by atomic mass is 9.52. The van der Waals surface area contributed by atoms with Crippen LogP contribution in [0.25, 0.3) is 11.1 Å². The molecule has 13 heteroatoms. The Morgan fingerprint density at radius 3 is 2.47 bits per heavy atom. The van der Waals surface area contributed by atoms with E-state index in [2.05, 4.69) is 16.8 Å². The number of ether oxygens (including phenoxy) is 1. The highest BCUT2D eigenvalue weighted by Crippen LogP contribution is 2.39. The monoisotopic (exact) mass is 628 g/mol. The quantitative estimate of drug-likeness (QED) is 0.308. The van der Waals surface area contributed by atoms with Gasteiger partial charge in [0, 0.05) is 17.5 Å². The smallest absolute Gasteiger partial charge is 0.263 e. The molecule has 1 saturated carbocycles. The molecule has 1 spiro atoms. The fourth-order valence-electron chi connectivity index (χ4n) is 6.10. The lowest BCUT2D eigenvalue weighted by Gasteiger charge is -2.30. The van der Waals surface area contributed by atoms with Crippen molar-refractivity contribution in [3.05, 3.63) is 64.9 Å². The predicted molar refractivity (Wildman–Crippen MR) is 185 cm³/mol. The van der Waals surface area contributed by atoms with E-state index in [1.807, 2.05) is 52.7 Å². The zero-order chi connectivity index (χ0) is 32.4. The molecule has 2 aliphatic rings. The average Bonchev–Trinajstić information content (AvgIpc) is 3.44. The van der Waals surface area contributed by atoms with Gasteiger partial charge < -0.3 is 9.26 Å². The molecule has 0 unspecified atom stereocenters. The minimum Gasteiger partial charge on any atom is -0.396 e. The van der Waals surface area contributed by atoms with Gasteiger partial charge in [0.15, 0.2) is 5.82 Å². The predicted octanol–water partition coefficient (Wildman–Crippen LogP) is 3.42. The molecule has 1 aromatic heterocycles. The van der Waals surface area contributed by atoms with Crippen molar-refractivity contribution in [3.63, 3.8) is 0 Å². The van der Waals surface area contributed by atoms with Crippen LogP contribution in [0.15, 0.2) is 56.9 Å². The second-order valence-electron chi connectivity index (χ2n) is 13.3. The largest absolute Gasteiger partial charge is 0.396 e. The van der Waals surface area contributed by atoms with Crippen LogP contribution >= 0.6 is 0 Å². The van der Waals surface area contributed by atoms with Crippen LogP contribution in [-0.4, -0.2) is 64.6 Å². The van der Waals surface area contributed by atoms with Crippen LogP contribution in [0.2, 0.25) is 0 Å². The molecule has 0 bridgehead atoms. The van der Waals surface area contributed by atoms with Gasteiger partial charge in [0.25, 0.3) is 15.9 Å². The van der Waals surface area contributed by atoms with E-state index in [1.165, 1.54) is 0 Å². The van der Waals surface area contributed by atoms with Crippen LogP contribution < -0.4 is 4.72 Å². The lowest BCUT2D eigenvalue weighted by Crippen LogP contribution is -2.43. The maximum atomic E-state index is 13.9. The summed E-state index contributed by atoms with van der Waals surface area (Å²) >= 11 is 0. The summed E-state index contributed by atoms with van der Waals surface area (Å²) in [5.74, 6) is 1.72. The van der Waals surface area contributed by atoms with Gasteiger partial charge in [-0.1, -0.05) is 74.2 Å². The van der Waals surface area contributed by atoms with E-state index in [1.54, 1.807) is 32.0 Å². The Bertz CT molecular complexity index is 1690. The number of hydrogen-bond acceptors (Lipinski definition) is 7. The summed E-state index contributed by atoms with van der Waals surface area (Å²) < 4.78 is 41.4. The first-order chi connectivity index (χ1) is 21.3. The van der Waals surface area contributed by atoms with Crippen molar-refractivity contribution >= 4 is 51.1 Å². The fourth-order valence-corrected chi connectivity index (χ4v) is 7.38. The summed E-state index contributed by atoms with van der Waals surface area (Å²) in [5, 5.41) is 3.48. The first kappa shape index (κ1) is 33.1. The zero-order valence-electron chi connectivity index (χ0n) is 27.4. The second-order valence-corrected chi connectivity index (χ2v) is 15.0. The summed E-state index contributed by atoms with van der Waals surface area (Å²) in [6.45, 7) is 6.33. The molecule has 1 fully saturated rings. The van der Waals surface area contributed by atoms with Gasteiger partial charge in [0.2, 0.25) is 0 Å². The summed E-state index contributed by atoms with van der Waals surface area (Å²) in [6.07, 6.45) is 7.63. The Morgan fingerprint density at radius 2 is 1.80 bits per heavy atom. The fraction of sp³-hybridized carbons (Fsp3) is 0.469. The van der Waals surface area contributed by atoms with Crippen molar-refractivity contribution in [2.45, 2.75) is 101 Å². The van der Waals surface area contributed by atoms with Gasteiger partial charge in [0.1, 0.15) is 40.7 Å². The molecule has 0 saturated heterocycles. The second kappa shape index (κ2) is 13.2. The molecule has 236 valence electrons. The SMILES string of the molecule is BC(B)(B)OCc1cc(CN2C(=O)C3(CCCCC3)N=C2CCCC)ccc1-c1ccccc1S(=O)(=O)Nc1noc(C)c1C. The number of anilines is 1. The van der Waals surface area contributed by atoms with Crippen LogP contribution in [0.3, 0.4) is 0 Å². The van der Waals surface area contributed by atoms with Gasteiger partial charge in [-0.25, -0.2) is 8.42 Å². The van der Waals surface area contributed by atoms with E-state index in [0.29, 0.717) is 23.4 Å².